The Balaban J connectivity index is 1.72. The molecule has 2 atom stereocenters. The number of hydrogen-bond acceptors (Lipinski definition) is 6. The van der Waals surface area contributed by atoms with E-state index in [4.69, 9.17) is 8.83 Å². The van der Waals surface area contributed by atoms with Gasteiger partial charge in [-0.3, -0.25) is 4.90 Å². The van der Waals surface area contributed by atoms with Gasteiger partial charge in [-0.2, -0.15) is 0 Å². The molecule has 2 aromatic rings. The van der Waals surface area contributed by atoms with Gasteiger partial charge in [0.2, 0.25) is 17.7 Å². The van der Waals surface area contributed by atoms with E-state index in [1.165, 1.54) is 0 Å². The Morgan fingerprint density at radius 3 is 2.81 bits per heavy atom. The first-order valence-electron chi connectivity index (χ1n) is 7.65. The minimum absolute atomic E-state index is 0.294. The Kier molecular flexibility index (Phi) is 4.05. The lowest BCUT2D eigenvalue weighted by Crippen LogP contribution is -2.41. The molecule has 1 fully saturated rings. The van der Waals surface area contributed by atoms with Crippen LogP contribution in [0.4, 0.5) is 0 Å². The molecule has 0 radical (unpaired) electrons. The fraction of sp³-hybridized carbons (Fsp3) is 0.667. The van der Waals surface area contributed by atoms with Crippen LogP contribution < -0.4 is 0 Å². The summed E-state index contributed by atoms with van der Waals surface area (Å²) >= 11 is 0. The Labute approximate surface area is 124 Å². The number of nitrogens with zero attached hydrogens (tertiary/aromatic N) is 4. The Hall–Kier alpha value is -1.69. The summed E-state index contributed by atoms with van der Waals surface area (Å²) in [5, 5.41) is 8.31. The number of likely N-dealkylation sites (tertiary alicyclic amines) is 1. The molecule has 6 heteroatoms. The molecule has 0 amide bonds. The number of hydrogen-bond donors (Lipinski definition) is 0. The van der Waals surface area contributed by atoms with Crippen LogP contribution >= 0.6 is 0 Å². The van der Waals surface area contributed by atoms with Crippen LogP contribution in [0.2, 0.25) is 0 Å². The third kappa shape index (κ3) is 3.00. The van der Waals surface area contributed by atoms with Gasteiger partial charge in [-0.25, -0.2) is 4.98 Å². The van der Waals surface area contributed by atoms with Gasteiger partial charge < -0.3 is 8.83 Å². The lowest BCUT2D eigenvalue weighted by Gasteiger charge is -2.37. The van der Waals surface area contributed by atoms with E-state index in [1.54, 1.807) is 6.20 Å². The van der Waals surface area contributed by atoms with Crippen molar-refractivity contribution in [3.05, 3.63) is 29.6 Å². The van der Waals surface area contributed by atoms with Crippen molar-refractivity contribution >= 4 is 0 Å². The molecule has 0 unspecified atom stereocenters. The molecule has 1 aliphatic rings. The predicted octanol–water partition coefficient (Wildman–Crippen LogP) is 2.70. The van der Waals surface area contributed by atoms with Crippen LogP contribution in [0.5, 0.6) is 0 Å². The first-order valence-corrected chi connectivity index (χ1v) is 7.65. The summed E-state index contributed by atoms with van der Waals surface area (Å²) in [4.78, 5) is 6.68. The highest BCUT2D eigenvalue weighted by Gasteiger charge is 2.33. The Morgan fingerprint density at radius 1 is 1.29 bits per heavy atom. The van der Waals surface area contributed by atoms with Gasteiger partial charge >= 0.3 is 0 Å². The summed E-state index contributed by atoms with van der Waals surface area (Å²) in [5.74, 6) is 3.42. The normalized spacial score (nSPS) is 23.6. The number of aryl methyl sites for hydroxylation is 2. The van der Waals surface area contributed by atoms with Crippen molar-refractivity contribution in [3.8, 4) is 0 Å². The van der Waals surface area contributed by atoms with Gasteiger partial charge in [0.1, 0.15) is 5.76 Å². The zero-order valence-corrected chi connectivity index (χ0v) is 12.9. The molecule has 1 aliphatic heterocycles. The number of oxazole rings is 1. The third-order valence-electron chi connectivity index (χ3n) is 4.23. The molecular formula is C15H22N4O2. The lowest BCUT2D eigenvalue weighted by molar-refractivity contribution is 0.108. The average molecular weight is 290 g/mol. The molecule has 1 saturated heterocycles. The SMILES string of the molecule is CCc1nnc([C@H]2CCCN(Cc3ncc(C)o3)[C@H]2C)o1. The average Bonchev–Trinajstić information content (AvgIpc) is 3.10. The van der Waals surface area contributed by atoms with Crippen molar-refractivity contribution in [2.45, 2.75) is 58.5 Å². The zero-order valence-electron chi connectivity index (χ0n) is 12.9. The minimum atomic E-state index is 0.294. The molecule has 0 aliphatic carbocycles. The van der Waals surface area contributed by atoms with Crippen LogP contribution in [0, 0.1) is 6.92 Å². The quantitative estimate of drug-likeness (QED) is 0.862. The molecule has 6 nitrogen and oxygen atoms in total. The summed E-state index contributed by atoms with van der Waals surface area (Å²) in [7, 11) is 0. The fourth-order valence-corrected chi connectivity index (χ4v) is 2.97. The van der Waals surface area contributed by atoms with E-state index >= 15 is 0 Å². The zero-order chi connectivity index (χ0) is 14.8. The monoisotopic (exact) mass is 290 g/mol. The standard InChI is InChI=1S/C15H22N4O2/c1-4-13-17-18-15(21-13)12-6-5-7-19(11(12)3)9-14-16-8-10(2)20-14/h8,11-12H,4-7,9H2,1-3H3/t11-,12-/m0/s1. The van der Waals surface area contributed by atoms with E-state index in [0.717, 1.165) is 55.8 Å². The van der Waals surface area contributed by atoms with Gasteiger partial charge in [0, 0.05) is 12.5 Å². The van der Waals surface area contributed by atoms with Gasteiger partial charge in [0.15, 0.2) is 0 Å². The lowest BCUT2D eigenvalue weighted by atomic mass is 9.90. The first-order chi connectivity index (χ1) is 10.2. The van der Waals surface area contributed by atoms with Crippen LogP contribution in [0.15, 0.2) is 15.0 Å². The molecule has 0 aromatic carbocycles. The van der Waals surface area contributed by atoms with E-state index in [-0.39, 0.29) is 0 Å². The van der Waals surface area contributed by atoms with E-state index in [1.807, 2.05) is 13.8 Å². The van der Waals surface area contributed by atoms with Crippen LogP contribution in [0.3, 0.4) is 0 Å². The van der Waals surface area contributed by atoms with Gasteiger partial charge in [-0.1, -0.05) is 6.92 Å². The van der Waals surface area contributed by atoms with Crippen molar-refractivity contribution in [3.63, 3.8) is 0 Å². The smallest absolute Gasteiger partial charge is 0.221 e. The molecule has 0 bridgehead atoms. The van der Waals surface area contributed by atoms with Crippen LogP contribution in [0.1, 0.15) is 56.0 Å². The van der Waals surface area contributed by atoms with Gasteiger partial charge in [-0.15, -0.1) is 10.2 Å². The maximum Gasteiger partial charge on any atom is 0.221 e. The second-order valence-electron chi connectivity index (χ2n) is 5.71. The predicted molar refractivity (Wildman–Crippen MR) is 76.8 cm³/mol. The maximum absolute atomic E-state index is 5.76. The molecule has 0 saturated carbocycles. The van der Waals surface area contributed by atoms with E-state index in [0.29, 0.717) is 12.0 Å². The summed E-state index contributed by atoms with van der Waals surface area (Å²) < 4.78 is 11.4. The topological polar surface area (TPSA) is 68.2 Å². The molecule has 3 rings (SSSR count). The van der Waals surface area contributed by atoms with E-state index < -0.39 is 0 Å². The maximum atomic E-state index is 5.76. The van der Waals surface area contributed by atoms with Gasteiger partial charge in [-0.05, 0) is 33.2 Å². The second-order valence-corrected chi connectivity index (χ2v) is 5.71. The highest BCUT2D eigenvalue weighted by atomic mass is 16.4. The van der Waals surface area contributed by atoms with Crippen molar-refractivity contribution in [2.75, 3.05) is 6.54 Å². The van der Waals surface area contributed by atoms with Crippen molar-refractivity contribution in [1.82, 2.24) is 20.1 Å². The Morgan fingerprint density at radius 2 is 2.14 bits per heavy atom. The second kappa shape index (κ2) is 5.97. The third-order valence-corrected chi connectivity index (χ3v) is 4.23. The highest BCUT2D eigenvalue weighted by Crippen LogP contribution is 2.32. The molecule has 3 heterocycles. The number of rotatable bonds is 4. The largest absolute Gasteiger partial charge is 0.445 e. The van der Waals surface area contributed by atoms with E-state index in [9.17, 15) is 0 Å². The number of piperidine rings is 1. The molecule has 0 N–H and O–H groups in total. The summed E-state index contributed by atoms with van der Waals surface area (Å²) in [5.41, 5.74) is 0. The molecule has 114 valence electrons. The van der Waals surface area contributed by atoms with Crippen LogP contribution in [-0.4, -0.2) is 32.7 Å². The number of aromatic nitrogens is 3. The Bertz CT molecular complexity index is 592. The summed E-state index contributed by atoms with van der Waals surface area (Å²) in [6, 6.07) is 0.344. The van der Waals surface area contributed by atoms with Crippen LogP contribution in [0.25, 0.3) is 0 Å². The van der Waals surface area contributed by atoms with Crippen LogP contribution in [-0.2, 0) is 13.0 Å². The molecule has 21 heavy (non-hydrogen) atoms. The highest BCUT2D eigenvalue weighted by molar-refractivity contribution is 5.01. The minimum Gasteiger partial charge on any atom is -0.445 e. The van der Waals surface area contributed by atoms with Gasteiger partial charge in [0.25, 0.3) is 0 Å². The molecule has 2 aromatic heterocycles. The van der Waals surface area contributed by atoms with Crippen molar-refractivity contribution in [1.29, 1.82) is 0 Å². The fourth-order valence-electron chi connectivity index (χ4n) is 2.97. The van der Waals surface area contributed by atoms with Gasteiger partial charge in [0.05, 0.1) is 18.7 Å². The van der Waals surface area contributed by atoms with Crippen molar-refractivity contribution in [2.24, 2.45) is 0 Å². The first kappa shape index (κ1) is 14.3. The summed E-state index contributed by atoms with van der Waals surface area (Å²) in [6.07, 6.45) is 4.77. The molecular weight excluding hydrogens is 268 g/mol. The van der Waals surface area contributed by atoms with E-state index in [2.05, 4.69) is 27.0 Å². The summed E-state index contributed by atoms with van der Waals surface area (Å²) in [6.45, 7) is 7.95. The molecule has 0 spiro atoms. The van der Waals surface area contributed by atoms with Crippen molar-refractivity contribution < 1.29 is 8.83 Å².